The Morgan fingerprint density at radius 3 is 2.31 bits per heavy atom. The number of aryl methyl sites for hydroxylation is 1. The summed E-state index contributed by atoms with van der Waals surface area (Å²) in [5.74, 6) is -0.512. The summed E-state index contributed by atoms with van der Waals surface area (Å²) in [5.41, 5.74) is -1.21. The average Bonchev–Trinajstić information content (AvgIpc) is 3.27. The zero-order chi connectivity index (χ0) is 30.0. The minimum atomic E-state index is -4.86. The highest BCUT2D eigenvalue weighted by molar-refractivity contribution is 7.98. The van der Waals surface area contributed by atoms with Crippen LogP contribution in [0.25, 0.3) is 6.08 Å². The van der Waals surface area contributed by atoms with Crippen LogP contribution in [0.15, 0.2) is 89.5 Å². The topological polar surface area (TPSA) is 76.5 Å². The van der Waals surface area contributed by atoms with Crippen LogP contribution < -0.4 is 15.0 Å². The third kappa shape index (κ3) is 6.20. The predicted molar refractivity (Wildman–Crippen MR) is 158 cm³/mol. The summed E-state index contributed by atoms with van der Waals surface area (Å²) in [6.07, 6.45) is -3.95. The maximum atomic E-state index is 14.1. The molecule has 13 heteroatoms. The van der Waals surface area contributed by atoms with Crippen LogP contribution in [-0.2, 0) is 28.6 Å². The van der Waals surface area contributed by atoms with Gasteiger partial charge in [-0.1, -0.05) is 48.0 Å². The fourth-order valence-corrected chi connectivity index (χ4v) is 5.77. The number of halogens is 4. The Bertz CT molecular complexity index is 1710. The van der Waals surface area contributed by atoms with Gasteiger partial charge >= 0.3 is 6.18 Å². The number of ether oxygens (including phenoxy) is 1. The molecule has 0 radical (unpaired) electrons. The lowest BCUT2D eigenvalue weighted by Gasteiger charge is -2.29. The van der Waals surface area contributed by atoms with Crippen LogP contribution in [0.3, 0.4) is 0 Å². The molecular weight excluding hydrogens is 609 g/mol. The van der Waals surface area contributed by atoms with E-state index in [9.17, 15) is 22.8 Å². The van der Waals surface area contributed by atoms with Gasteiger partial charge in [-0.2, -0.15) is 18.3 Å². The molecule has 1 saturated heterocycles. The summed E-state index contributed by atoms with van der Waals surface area (Å²) in [4.78, 5) is 27.5. The van der Waals surface area contributed by atoms with Crippen molar-refractivity contribution >= 4 is 64.3 Å². The normalized spacial score (nSPS) is 14.8. The van der Waals surface area contributed by atoms with Gasteiger partial charge in [0.2, 0.25) is 0 Å². The first-order valence-electron chi connectivity index (χ1n) is 12.3. The Labute approximate surface area is 252 Å². The van der Waals surface area contributed by atoms with E-state index in [1.165, 1.54) is 7.05 Å². The largest absolute Gasteiger partial charge is 0.457 e. The van der Waals surface area contributed by atoms with Crippen LogP contribution in [-0.4, -0.2) is 26.7 Å². The smallest absolute Gasteiger partial charge is 0.435 e. The molecule has 0 spiro atoms. The molecule has 1 aromatic heterocycles. The lowest BCUT2D eigenvalue weighted by atomic mass is 10.1. The van der Waals surface area contributed by atoms with Crippen LogP contribution in [0.1, 0.15) is 16.8 Å². The van der Waals surface area contributed by atoms with E-state index in [0.29, 0.717) is 22.1 Å². The second-order valence-electron chi connectivity index (χ2n) is 8.94. The van der Waals surface area contributed by atoms with Gasteiger partial charge in [0, 0.05) is 23.4 Å². The van der Waals surface area contributed by atoms with Crippen molar-refractivity contribution in [3.05, 3.63) is 106 Å². The summed E-state index contributed by atoms with van der Waals surface area (Å²) in [5, 5.41) is 6.40. The molecule has 0 atom stereocenters. The van der Waals surface area contributed by atoms with Crippen molar-refractivity contribution in [2.24, 2.45) is 7.05 Å². The van der Waals surface area contributed by atoms with E-state index in [1.54, 1.807) is 60.7 Å². The number of anilines is 1. The number of amides is 2. The van der Waals surface area contributed by atoms with E-state index in [0.717, 1.165) is 27.4 Å². The molecule has 1 N–H and O–H groups in total. The maximum absolute atomic E-state index is 14.1. The molecule has 3 aromatic carbocycles. The number of hydrogen-bond acceptors (Lipinski definition) is 6. The van der Waals surface area contributed by atoms with Gasteiger partial charge in [-0.15, -0.1) is 11.8 Å². The maximum Gasteiger partial charge on any atom is 0.435 e. The van der Waals surface area contributed by atoms with Crippen molar-refractivity contribution in [2.75, 3.05) is 4.90 Å². The number of aromatic nitrogens is 2. The number of thiocarbonyl (C=S) groups is 1. The lowest BCUT2D eigenvalue weighted by molar-refractivity contribution is -0.141. The average molecular weight is 629 g/mol. The standard InChI is InChI=1S/C29H20ClF3N4O3S2/c1-36-27(42-16-17-7-5-6-10-23(17)30)21(24(35-36)29(31,32)33)15-22-25(38)34-28(41)37(26(22)39)18-11-13-20(14-12-18)40-19-8-3-2-4-9-19/h2-15H,16H2,1H3,(H,34,38,41)/b22-15+. The first-order chi connectivity index (χ1) is 20.0. The number of nitrogens with zero attached hydrogens (tertiary/aromatic N) is 3. The van der Waals surface area contributed by atoms with Gasteiger partial charge in [-0.3, -0.25) is 24.5 Å². The van der Waals surface area contributed by atoms with Gasteiger partial charge in [0.05, 0.1) is 5.69 Å². The van der Waals surface area contributed by atoms with Gasteiger partial charge in [-0.25, -0.2) is 0 Å². The van der Waals surface area contributed by atoms with Crippen molar-refractivity contribution in [2.45, 2.75) is 17.0 Å². The monoisotopic (exact) mass is 628 g/mol. The Morgan fingerprint density at radius 1 is 1.00 bits per heavy atom. The quantitative estimate of drug-likeness (QED) is 0.103. The molecule has 0 saturated carbocycles. The van der Waals surface area contributed by atoms with E-state index in [-0.39, 0.29) is 21.6 Å². The molecule has 2 amide bonds. The van der Waals surface area contributed by atoms with Crippen molar-refractivity contribution < 1.29 is 27.5 Å². The van der Waals surface area contributed by atoms with Crippen LogP contribution >= 0.6 is 35.6 Å². The summed E-state index contributed by atoms with van der Waals surface area (Å²) in [7, 11) is 1.36. The number of alkyl halides is 3. The van der Waals surface area contributed by atoms with E-state index >= 15 is 0 Å². The van der Waals surface area contributed by atoms with E-state index in [4.69, 9.17) is 28.6 Å². The van der Waals surface area contributed by atoms with Gasteiger partial charge in [0.15, 0.2) is 10.8 Å². The van der Waals surface area contributed by atoms with Crippen LogP contribution in [0.5, 0.6) is 11.5 Å². The van der Waals surface area contributed by atoms with Crippen LogP contribution in [0.2, 0.25) is 5.02 Å². The number of hydrogen-bond donors (Lipinski definition) is 1. The second kappa shape index (κ2) is 12.0. The zero-order valence-electron chi connectivity index (χ0n) is 21.7. The van der Waals surface area contributed by atoms with Gasteiger partial charge < -0.3 is 4.74 Å². The van der Waals surface area contributed by atoms with Gasteiger partial charge in [0.1, 0.15) is 22.1 Å². The fraction of sp³-hybridized carbons (Fsp3) is 0.103. The molecule has 0 bridgehead atoms. The second-order valence-corrected chi connectivity index (χ2v) is 10.7. The minimum Gasteiger partial charge on any atom is -0.457 e. The number of nitrogens with one attached hydrogen (secondary N) is 1. The van der Waals surface area contributed by atoms with Crippen molar-refractivity contribution in [1.29, 1.82) is 0 Å². The Hall–Kier alpha value is -4.13. The molecule has 4 aromatic rings. The van der Waals surface area contributed by atoms with Gasteiger partial charge in [0.25, 0.3) is 11.8 Å². The molecule has 7 nitrogen and oxygen atoms in total. The highest BCUT2D eigenvalue weighted by atomic mass is 35.5. The van der Waals surface area contributed by atoms with Crippen LogP contribution in [0, 0.1) is 0 Å². The number of carbonyl (C=O) groups excluding carboxylic acids is 2. The highest BCUT2D eigenvalue weighted by Gasteiger charge is 2.40. The fourth-order valence-electron chi connectivity index (χ4n) is 4.12. The van der Waals surface area contributed by atoms with Crippen molar-refractivity contribution in [3.63, 3.8) is 0 Å². The summed E-state index contributed by atoms with van der Waals surface area (Å²) >= 11 is 12.5. The number of para-hydroxylation sites is 1. The summed E-state index contributed by atoms with van der Waals surface area (Å²) in [6, 6.07) is 22.3. The molecule has 0 unspecified atom stereocenters. The molecular formula is C29H20ClF3N4O3S2. The van der Waals surface area contributed by atoms with E-state index < -0.39 is 34.8 Å². The Kier molecular flexibility index (Phi) is 8.39. The Balaban J connectivity index is 1.48. The third-order valence-corrected chi connectivity index (χ3v) is 7.95. The molecule has 1 aliphatic rings. The molecule has 2 heterocycles. The van der Waals surface area contributed by atoms with Crippen molar-refractivity contribution in [3.8, 4) is 11.5 Å². The Morgan fingerprint density at radius 2 is 1.64 bits per heavy atom. The van der Waals surface area contributed by atoms with Gasteiger partial charge in [-0.05, 0) is 66.3 Å². The van der Waals surface area contributed by atoms with Crippen molar-refractivity contribution in [1.82, 2.24) is 15.1 Å². The molecule has 42 heavy (non-hydrogen) atoms. The highest BCUT2D eigenvalue weighted by Crippen LogP contribution is 2.39. The summed E-state index contributed by atoms with van der Waals surface area (Å²) in [6.45, 7) is 0. The first-order valence-corrected chi connectivity index (χ1v) is 14.0. The predicted octanol–water partition coefficient (Wildman–Crippen LogP) is 7.01. The minimum absolute atomic E-state index is 0.0949. The number of carbonyl (C=O) groups is 2. The molecule has 214 valence electrons. The summed E-state index contributed by atoms with van der Waals surface area (Å²) < 4.78 is 49.0. The molecule has 1 fully saturated rings. The number of benzene rings is 3. The third-order valence-electron chi connectivity index (χ3n) is 6.08. The van der Waals surface area contributed by atoms with E-state index in [2.05, 4.69) is 10.4 Å². The SMILES string of the molecule is Cn1nc(C(F)(F)F)c(/C=C2\C(=O)NC(=S)N(c3ccc(Oc4ccccc4)cc3)C2=O)c1SCc1ccccc1Cl. The number of rotatable bonds is 7. The number of thioether (sulfide) groups is 1. The zero-order valence-corrected chi connectivity index (χ0v) is 24.1. The lowest BCUT2D eigenvalue weighted by Crippen LogP contribution is -2.54. The molecule has 5 rings (SSSR count). The van der Waals surface area contributed by atoms with Crippen LogP contribution in [0.4, 0.5) is 18.9 Å². The molecule has 1 aliphatic heterocycles. The van der Waals surface area contributed by atoms with E-state index in [1.807, 2.05) is 18.2 Å². The molecule has 0 aliphatic carbocycles. The first kappa shape index (κ1) is 29.4.